The van der Waals surface area contributed by atoms with Crippen LogP contribution in [0.15, 0.2) is 34.5 Å². The van der Waals surface area contributed by atoms with Crippen molar-refractivity contribution in [2.24, 2.45) is 4.99 Å². The van der Waals surface area contributed by atoms with Gasteiger partial charge >= 0.3 is 5.97 Å². The van der Waals surface area contributed by atoms with Crippen molar-refractivity contribution in [3.05, 3.63) is 35.0 Å². The molecule has 0 saturated heterocycles. The van der Waals surface area contributed by atoms with E-state index in [0.717, 1.165) is 10.7 Å². The molecule has 0 bridgehead atoms. The lowest BCUT2D eigenvalue weighted by Crippen LogP contribution is -2.30. The SMILES string of the molecule is CCOC(=O)C1=C(C)NC(SC)=N[C@@H]1c1ccc(O)c(OCC)c1. The van der Waals surface area contributed by atoms with Gasteiger partial charge in [-0.05, 0) is 44.7 Å². The molecule has 0 saturated carbocycles. The molecule has 2 N–H and O–H groups in total. The number of ether oxygens (including phenoxy) is 2. The number of aliphatic imine (C=N–C) groups is 1. The number of benzene rings is 1. The third kappa shape index (κ3) is 3.84. The molecule has 0 unspecified atom stereocenters. The molecule has 1 aromatic carbocycles. The average Bonchev–Trinajstić information content (AvgIpc) is 2.56. The first kappa shape index (κ1) is 18.2. The minimum absolute atomic E-state index is 0.0574. The highest BCUT2D eigenvalue weighted by Gasteiger charge is 2.30. The van der Waals surface area contributed by atoms with Crippen LogP contribution in [0.5, 0.6) is 11.5 Å². The van der Waals surface area contributed by atoms with Crippen LogP contribution in [0.1, 0.15) is 32.4 Å². The summed E-state index contributed by atoms with van der Waals surface area (Å²) < 4.78 is 10.6. The number of phenols is 1. The van der Waals surface area contributed by atoms with Gasteiger partial charge in [-0.15, -0.1) is 0 Å². The number of esters is 1. The van der Waals surface area contributed by atoms with Crippen LogP contribution in [0, 0.1) is 0 Å². The molecule has 130 valence electrons. The van der Waals surface area contributed by atoms with Gasteiger partial charge in [-0.25, -0.2) is 9.79 Å². The number of phenolic OH excluding ortho intramolecular Hbond substituents is 1. The van der Waals surface area contributed by atoms with Crippen LogP contribution in [0.25, 0.3) is 0 Å². The van der Waals surface area contributed by atoms with E-state index in [1.807, 2.05) is 20.1 Å². The van der Waals surface area contributed by atoms with E-state index < -0.39 is 12.0 Å². The number of carbonyl (C=O) groups is 1. The summed E-state index contributed by atoms with van der Waals surface area (Å²) in [7, 11) is 0. The van der Waals surface area contributed by atoms with E-state index >= 15 is 0 Å². The largest absolute Gasteiger partial charge is 0.504 e. The summed E-state index contributed by atoms with van der Waals surface area (Å²) in [6.07, 6.45) is 1.91. The lowest BCUT2D eigenvalue weighted by molar-refractivity contribution is -0.138. The first-order chi connectivity index (χ1) is 11.5. The number of rotatable bonds is 5. The normalized spacial score (nSPS) is 17.2. The summed E-state index contributed by atoms with van der Waals surface area (Å²) in [6, 6.07) is 4.49. The van der Waals surface area contributed by atoms with Gasteiger partial charge in [0.2, 0.25) is 0 Å². The second-order valence-electron chi connectivity index (χ2n) is 5.09. The van der Waals surface area contributed by atoms with Crippen LogP contribution in [0.4, 0.5) is 0 Å². The molecule has 1 heterocycles. The van der Waals surface area contributed by atoms with Crippen LogP contribution in [0.3, 0.4) is 0 Å². The van der Waals surface area contributed by atoms with Crippen molar-refractivity contribution >= 4 is 22.9 Å². The van der Waals surface area contributed by atoms with Crippen molar-refractivity contribution in [1.82, 2.24) is 5.32 Å². The molecule has 6 nitrogen and oxygen atoms in total. The Morgan fingerprint density at radius 2 is 2.12 bits per heavy atom. The molecule has 1 aromatic rings. The van der Waals surface area contributed by atoms with Crippen LogP contribution in [0.2, 0.25) is 0 Å². The van der Waals surface area contributed by atoms with E-state index in [1.54, 1.807) is 25.1 Å². The summed E-state index contributed by atoms with van der Waals surface area (Å²) in [5.41, 5.74) is 1.93. The number of nitrogens with one attached hydrogen (secondary N) is 1. The van der Waals surface area contributed by atoms with E-state index in [0.29, 0.717) is 30.2 Å². The quantitative estimate of drug-likeness (QED) is 0.795. The van der Waals surface area contributed by atoms with Crippen LogP contribution < -0.4 is 10.1 Å². The van der Waals surface area contributed by atoms with Gasteiger partial charge in [-0.1, -0.05) is 17.8 Å². The topological polar surface area (TPSA) is 80.2 Å². The molecule has 0 fully saturated rings. The molecule has 1 aliphatic heterocycles. The van der Waals surface area contributed by atoms with Gasteiger partial charge in [0.05, 0.1) is 18.8 Å². The van der Waals surface area contributed by atoms with Gasteiger partial charge in [-0.2, -0.15) is 0 Å². The molecule has 1 atom stereocenters. The fourth-order valence-corrected chi connectivity index (χ4v) is 2.90. The molecule has 24 heavy (non-hydrogen) atoms. The third-order valence-corrected chi connectivity index (χ3v) is 4.10. The Morgan fingerprint density at radius 3 is 2.75 bits per heavy atom. The number of carbonyl (C=O) groups excluding carboxylic acids is 1. The molecule has 0 spiro atoms. The molecule has 0 radical (unpaired) electrons. The summed E-state index contributed by atoms with van der Waals surface area (Å²) >= 11 is 1.46. The molecule has 2 rings (SSSR count). The summed E-state index contributed by atoms with van der Waals surface area (Å²) in [4.78, 5) is 17.0. The Morgan fingerprint density at radius 1 is 1.38 bits per heavy atom. The molecule has 0 aliphatic carbocycles. The lowest BCUT2D eigenvalue weighted by Gasteiger charge is -2.25. The molecular formula is C17H22N2O4S. The fraction of sp³-hybridized carbons (Fsp3) is 0.412. The summed E-state index contributed by atoms with van der Waals surface area (Å²) in [5.74, 6) is 0.0275. The number of thioether (sulfide) groups is 1. The predicted octanol–water partition coefficient (Wildman–Crippen LogP) is 2.99. The van der Waals surface area contributed by atoms with Gasteiger partial charge in [0.15, 0.2) is 16.7 Å². The molecule has 7 heteroatoms. The number of aromatic hydroxyl groups is 1. The second-order valence-corrected chi connectivity index (χ2v) is 5.88. The first-order valence-corrected chi connectivity index (χ1v) is 8.96. The van der Waals surface area contributed by atoms with Crippen molar-refractivity contribution in [1.29, 1.82) is 0 Å². The highest BCUT2D eigenvalue weighted by Crippen LogP contribution is 2.36. The number of hydrogen-bond acceptors (Lipinski definition) is 7. The minimum Gasteiger partial charge on any atom is -0.504 e. The molecular weight excluding hydrogens is 328 g/mol. The zero-order valence-electron chi connectivity index (χ0n) is 14.3. The number of nitrogens with zero attached hydrogens (tertiary/aromatic N) is 1. The van der Waals surface area contributed by atoms with Gasteiger partial charge < -0.3 is 19.9 Å². The lowest BCUT2D eigenvalue weighted by atomic mass is 9.96. The first-order valence-electron chi connectivity index (χ1n) is 7.74. The van der Waals surface area contributed by atoms with Gasteiger partial charge in [0.1, 0.15) is 6.04 Å². The Balaban J connectivity index is 2.49. The van der Waals surface area contributed by atoms with E-state index in [2.05, 4.69) is 10.3 Å². The van der Waals surface area contributed by atoms with E-state index in [1.165, 1.54) is 11.8 Å². The highest BCUT2D eigenvalue weighted by molar-refractivity contribution is 8.13. The minimum atomic E-state index is -0.507. The smallest absolute Gasteiger partial charge is 0.338 e. The van der Waals surface area contributed by atoms with E-state index in [4.69, 9.17) is 9.47 Å². The number of amidine groups is 1. The number of allylic oxidation sites excluding steroid dienone is 1. The van der Waals surface area contributed by atoms with Crippen LogP contribution in [-0.4, -0.2) is 35.7 Å². The van der Waals surface area contributed by atoms with Crippen LogP contribution in [-0.2, 0) is 9.53 Å². The molecule has 0 amide bonds. The predicted molar refractivity (Wildman–Crippen MR) is 95.4 cm³/mol. The van der Waals surface area contributed by atoms with Crippen LogP contribution >= 0.6 is 11.8 Å². The monoisotopic (exact) mass is 350 g/mol. The maximum absolute atomic E-state index is 12.4. The number of hydrogen-bond donors (Lipinski definition) is 2. The standard InChI is InChI=1S/C17H22N2O4S/c1-5-22-13-9-11(7-8-12(13)20)15-14(16(21)23-6-2)10(3)18-17(19-15)24-4/h7-9,15,20H,5-6H2,1-4H3,(H,18,19)/t15-/m1/s1. The van der Waals surface area contributed by atoms with Gasteiger partial charge in [0.25, 0.3) is 0 Å². The maximum Gasteiger partial charge on any atom is 0.338 e. The van der Waals surface area contributed by atoms with E-state index in [-0.39, 0.29) is 5.75 Å². The second kappa shape index (κ2) is 8.10. The van der Waals surface area contributed by atoms with Crippen molar-refractivity contribution in [3.63, 3.8) is 0 Å². The van der Waals surface area contributed by atoms with Gasteiger partial charge in [0, 0.05) is 5.70 Å². The van der Waals surface area contributed by atoms with E-state index in [9.17, 15) is 9.90 Å². The summed E-state index contributed by atoms with van der Waals surface area (Å²) in [5, 5.41) is 13.7. The van der Waals surface area contributed by atoms with Gasteiger partial charge in [-0.3, -0.25) is 0 Å². The fourth-order valence-electron chi connectivity index (χ4n) is 2.44. The van der Waals surface area contributed by atoms with Crippen molar-refractivity contribution in [2.75, 3.05) is 19.5 Å². The van der Waals surface area contributed by atoms with Crippen molar-refractivity contribution < 1.29 is 19.4 Å². The molecule has 1 aliphatic rings. The Kier molecular flexibility index (Phi) is 6.14. The Labute approximate surface area is 146 Å². The van der Waals surface area contributed by atoms with Crippen molar-refractivity contribution in [3.8, 4) is 11.5 Å². The average molecular weight is 350 g/mol. The maximum atomic E-state index is 12.4. The third-order valence-electron chi connectivity index (χ3n) is 3.51. The zero-order valence-corrected chi connectivity index (χ0v) is 15.1. The van der Waals surface area contributed by atoms with Crippen molar-refractivity contribution in [2.45, 2.75) is 26.8 Å². The Bertz CT molecular complexity index is 685. The summed E-state index contributed by atoms with van der Waals surface area (Å²) in [6.45, 7) is 6.16. The highest BCUT2D eigenvalue weighted by atomic mass is 32.2. The molecule has 0 aromatic heterocycles. The zero-order chi connectivity index (χ0) is 17.7. The Hall–Kier alpha value is -2.15.